The predicted molar refractivity (Wildman–Crippen MR) is 87.0 cm³/mol. The van der Waals surface area contributed by atoms with Crippen LogP contribution in [0.25, 0.3) is 10.9 Å². The molecule has 0 atom stereocenters. The molecule has 1 aliphatic carbocycles. The zero-order chi connectivity index (χ0) is 15.5. The second kappa shape index (κ2) is 6.40. The van der Waals surface area contributed by atoms with Crippen molar-refractivity contribution >= 4 is 16.9 Å². The Kier molecular flexibility index (Phi) is 4.34. The first kappa shape index (κ1) is 14.9. The third-order valence-electron chi connectivity index (χ3n) is 4.27. The molecule has 2 amide bonds. The molecule has 0 saturated heterocycles. The molecule has 1 aromatic carbocycles. The number of hydrogen-bond donors (Lipinski definition) is 3. The predicted octanol–water partition coefficient (Wildman–Crippen LogP) is 2.19. The van der Waals surface area contributed by atoms with Crippen molar-refractivity contribution in [3.8, 4) is 0 Å². The standard InChI is InChI=1S/C17H23N3O2/c1-12-3-2-4-15-13(11-19-16(12)15)7-8-18-17(22)20(9-10-21)14-5-6-14/h2-4,11,14,19,21H,5-10H2,1H3,(H,18,22). The molecule has 1 aromatic heterocycles. The minimum Gasteiger partial charge on any atom is -0.395 e. The highest BCUT2D eigenvalue weighted by Crippen LogP contribution is 2.26. The van der Waals surface area contributed by atoms with Crippen LogP contribution >= 0.6 is 0 Å². The number of nitrogens with one attached hydrogen (secondary N) is 2. The smallest absolute Gasteiger partial charge is 0.317 e. The van der Waals surface area contributed by atoms with Crippen LogP contribution in [-0.4, -0.2) is 46.8 Å². The molecule has 0 unspecified atom stereocenters. The van der Waals surface area contributed by atoms with Crippen molar-refractivity contribution in [3.63, 3.8) is 0 Å². The summed E-state index contributed by atoms with van der Waals surface area (Å²) in [6, 6.07) is 6.52. The van der Waals surface area contributed by atoms with Crippen molar-refractivity contribution in [2.45, 2.75) is 32.2 Å². The molecule has 5 heteroatoms. The van der Waals surface area contributed by atoms with Gasteiger partial charge in [-0.15, -0.1) is 0 Å². The molecule has 118 valence electrons. The molecule has 3 rings (SSSR count). The number of rotatable bonds is 6. The zero-order valence-corrected chi connectivity index (χ0v) is 12.9. The number of aliphatic hydroxyl groups excluding tert-OH is 1. The molecular formula is C17H23N3O2. The number of nitrogens with zero attached hydrogens (tertiary/aromatic N) is 1. The maximum Gasteiger partial charge on any atom is 0.317 e. The Bertz CT molecular complexity index is 661. The van der Waals surface area contributed by atoms with Gasteiger partial charge in [0.1, 0.15) is 0 Å². The number of urea groups is 1. The maximum absolute atomic E-state index is 12.2. The summed E-state index contributed by atoms with van der Waals surface area (Å²) in [5.41, 5.74) is 3.62. The van der Waals surface area contributed by atoms with Gasteiger partial charge in [0.25, 0.3) is 0 Å². The van der Waals surface area contributed by atoms with E-state index in [0.717, 1.165) is 19.3 Å². The summed E-state index contributed by atoms with van der Waals surface area (Å²) in [6.45, 7) is 3.13. The fraction of sp³-hybridized carbons (Fsp3) is 0.471. The van der Waals surface area contributed by atoms with E-state index in [9.17, 15) is 4.79 Å². The third-order valence-corrected chi connectivity index (χ3v) is 4.27. The van der Waals surface area contributed by atoms with Crippen LogP contribution < -0.4 is 5.32 Å². The Morgan fingerprint density at radius 1 is 1.45 bits per heavy atom. The number of amides is 2. The molecule has 1 aliphatic rings. The van der Waals surface area contributed by atoms with Crippen LogP contribution in [0.5, 0.6) is 0 Å². The van der Waals surface area contributed by atoms with Crippen molar-refractivity contribution in [2.75, 3.05) is 19.7 Å². The largest absolute Gasteiger partial charge is 0.395 e. The molecule has 0 bridgehead atoms. The van der Waals surface area contributed by atoms with E-state index in [1.165, 1.54) is 22.0 Å². The zero-order valence-electron chi connectivity index (χ0n) is 12.9. The van der Waals surface area contributed by atoms with Crippen LogP contribution in [0.3, 0.4) is 0 Å². The fourth-order valence-corrected chi connectivity index (χ4v) is 2.92. The van der Waals surface area contributed by atoms with E-state index < -0.39 is 0 Å². The average Bonchev–Trinajstić information content (AvgIpc) is 3.26. The fourth-order valence-electron chi connectivity index (χ4n) is 2.92. The van der Waals surface area contributed by atoms with Gasteiger partial charge in [-0.2, -0.15) is 0 Å². The topological polar surface area (TPSA) is 68.4 Å². The first-order valence-electron chi connectivity index (χ1n) is 7.91. The molecule has 5 nitrogen and oxygen atoms in total. The molecule has 0 spiro atoms. The van der Waals surface area contributed by atoms with E-state index >= 15 is 0 Å². The minimum atomic E-state index is -0.0624. The van der Waals surface area contributed by atoms with Gasteiger partial charge < -0.3 is 20.3 Å². The van der Waals surface area contributed by atoms with Crippen LogP contribution in [0, 0.1) is 6.92 Å². The summed E-state index contributed by atoms with van der Waals surface area (Å²) in [5, 5.41) is 13.3. The Morgan fingerprint density at radius 3 is 3.00 bits per heavy atom. The number of H-pyrrole nitrogens is 1. The number of aliphatic hydroxyl groups is 1. The van der Waals surface area contributed by atoms with Gasteiger partial charge in [-0.1, -0.05) is 18.2 Å². The van der Waals surface area contributed by atoms with E-state index in [2.05, 4.69) is 35.4 Å². The third kappa shape index (κ3) is 3.09. The van der Waals surface area contributed by atoms with Gasteiger partial charge in [-0.25, -0.2) is 4.79 Å². The number of para-hydroxylation sites is 1. The van der Waals surface area contributed by atoms with Crippen molar-refractivity contribution < 1.29 is 9.90 Å². The Morgan fingerprint density at radius 2 is 2.27 bits per heavy atom. The second-order valence-electron chi connectivity index (χ2n) is 5.94. The van der Waals surface area contributed by atoms with Crippen LogP contribution in [0.1, 0.15) is 24.0 Å². The van der Waals surface area contributed by atoms with Gasteiger partial charge in [0.15, 0.2) is 0 Å². The lowest BCUT2D eigenvalue weighted by Gasteiger charge is -2.21. The van der Waals surface area contributed by atoms with Gasteiger partial charge >= 0.3 is 6.03 Å². The molecule has 0 radical (unpaired) electrons. The number of fused-ring (bicyclic) bond motifs is 1. The Balaban J connectivity index is 1.57. The summed E-state index contributed by atoms with van der Waals surface area (Å²) in [6.07, 6.45) is 4.92. The van der Waals surface area contributed by atoms with Gasteiger partial charge in [0.05, 0.1) is 6.61 Å². The molecule has 1 saturated carbocycles. The Labute approximate surface area is 130 Å². The van der Waals surface area contributed by atoms with Gasteiger partial charge in [0.2, 0.25) is 0 Å². The van der Waals surface area contributed by atoms with Gasteiger partial charge in [-0.3, -0.25) is 0 Å². The summed E-state index contributed by atoms with van der Waals surface area (Å²) < 4.78 is 0. The van der Waals surface area contributed by atoms with E-state index in [1.807, 2.05) is 6.20 Å². The maximum atomic E-state index is 12.2. The normalized spacial score (nSPS) is 14.3. The summed E-state index contributed by atoms with van der Waals surface area (Å²) >= 11 is 0. The van der Waals surface area contributed by atoms with Crippen molar-refractivity contribution in [3.05, 3.63) is 35.5 Å². The van der Waals surface area contributed by atoms with E-state index in [4.69, 9.17) is 5.11 Å². The van der Waals surface area contributed by atoms with Crippen LogP contribution in [-0.2, 0) is 6.42 Å². The lowest BCUT2D eigenvalue weighted by Crippen LogP contribution is -2.43. The number of aromatic amines is 1. The monoisotopic (exact) mass is 301 g/mol. The number of benzene rings is 1. The van der Waals surface area contributed by atoms with Crippen LogP contribution in [0.4, 0.5) is 4.79 Å². The second-order valence-corrected chi connectivity index (χ2v) is 5.94. The number of carbonyl (C=O) groups excluding carboxylic acids is 1. The quantitative estimate of drug-likeness (QED) is 0.765. The highest BCUT2D eigenvalue weighted by molar-refractivity contribution is 5.86. The molecule has 3 N–H and O–H groups in total. The SMILES string of the molecule is Cc1cccc2c(CCNC(=O)N(CCO)C3CC3)c[nH]c12. The van der Waals surface area contributed by atoms with Crippen molar-refractivity contribution in [1.29, 1.82) is 0 Å². The van der Waals surface area contributed by atoms with Gasteiger partial charge in [-0.05, 0) is 37.3 Å². The number of hydrogen-bond acceptors (Lipinski definition) is 2. The molecule has 0 aliphatic heterocycles. The molecule has 1 heterocycles. The minimum absolute atomic E-state index is 0.0195. The van der Waals surface area contributed by atoms with Crippen LogP contribution in [0.15, 0.2) is 24.4 Å². The van der Waals surface area contributed by atoms with E-state index in [0.29, 0.717) is 19.1 Å². The number of aromatic nitrogens is 1. The Hall–Kier alpha value is -2.01. The van der Waals surface area contributed by atoms with Crippen molar-refractivity contribution in [2.24, 2.45) is 0 Å². The molecule has 2 aromatic rings. The highest BCUT2D eigenvalue weighted by Gasteiger charge is 2.31. The lowest BCUT2D eigenvalue weighted by atomic mass is 10.1. The van der Waals surface area contributed by atoms with Crippen LogP contribution in [0.2, 0.25) is 0 Å². The first-order chi connectivity index (χ1) is 10.7. The van der Waals surface area contributed by atoms with E-state index in [-0.39, 0.29) is 12.6 Å². The molecular weight excluding hydrogens is 278 g/mol. The number of carbonyl (C=O) groups is 1. The van der Waals surface area contributed by atoms with Crippen molar-refractivity contribution in [1.82, 2.24) is 15.2 Å². The first-order valence-corrected chi connectivity index (χ1v) is 7.91. The summed E-state index contributed by atoms with van der Waals surface area (Å²) in [4.78, 5) is 17.2. The van der Waals surface area contributed by atoms with Gasteiger partial charge in [0, 0.05) is 36.2 Å². The summed E-state index contributed by atoms with van der Waals surface area (Å²) in [5.74, 6) is 0. The molecule has 22 heavy (non-hydrogen) atoms. The molecule has 1 fully saturated rings. The average molecular weight is 301 g/mol. The van der Waals surface area contributed by atoms with E-state index in [1.54, 1.807) is 4.90 Å². The highest BCUT2D eigenvalue weighted by atomic mass is 16.3. The summed E-state index contributed by atoms with van der Waals surface area (Å²) in [7, 11) is 0. The lowest BCUT2D eigenvalue weighted by molar-refractivity contribution is 0.174. The number of aryl methyl sites for hydroxylation is 1.